The van der Waals surface area contributed by atoms with Gasteiger partial charge in [0.2, 0.25) is 0 Å². The second-order valence-corrected chi connectivity index (χ2v) is 16.7. The van der Waals surface area contributed by atoms with E-state index in [-0.39, 0.29) is 31.1 Å². The summed E-state index contributed by atoms with van der Waals surface area (Å²) in [5.74, 6) is -0.905. The number of carbonyl (C=O) groups excluding carboxylic acids is 3. The van der Waals surface area contributed by atoms with Gasteiger partial charge in [-0.05, 0) is 83.5 Å². The lowest BCUT2D eigenvalue weighted by Crippen LogP contribution is -2.30. The van der Waals surface area contributed by atoms with Gasteiger partial charge in [-0.3, -0.25) is 14.4 Å². The summed E-state index contributed by atoms with van der Waals surface area (Å²) in [6, 6.07) is 0. The molecule has 0 amide bonds. The van der Waals surface area contributed by atoms with Gasteiger partial charge in [-0.15, -0.1) is 0 Å². The fourth-order valence-electron chi connectivity index (χ4n) is 6.97. The van der Waals surface area contributed by atoms with Crippen LogP contribution < -0.4 is 0 Å². The molecule has 0 aliphatic rings. The van der Waals surface area contributed by atoms with Crippen LogP contribution in [-0.4, -0.2) is 37.2 Å². The zero-order valence-corrected chi connectivity index (χ0v) is 39.0. The van der Waals surface area contributed by atoms with Gasteiger partial charge in [-0.1, -0.05) is 198 Å². The number of hydrogen-bond donors (Lipinski definition) is 0. The highest BCUT2D eigenvalue weighted by Gasteiger charge is 2.19. The minimum atomic E-state index is -0.780. The number of unbranched alkanes of at least 4 members (excludes halogenated alkanes) is 26. The number of hydrogen-bond acceptors (Lipinski definition) is 6. The van der Waals surface area contributed by atoms with Gasteiger partial charge in [-0.2, -0.15) is 0 Å². The second-order valence-electron chi connectivity index (χ2n) is 16.7. The highest BCUT2D eigenvalue weighted by atomic mass is 16.6. The molecule has 0 N–H and O–H groups in total. The van der Waals surface area contributed by atoms with Crippen LogP contribution in [0.3, 0.4) is 0 Å². The van der Waals surface area contributed by atoms with Crippen LogP contribution in [0.5, 0.6) is 0 Å². The Morgan fingerprint density at radius 2 is 0.610 bits per heavy atom. The molecule has 0 saturated carbocycles. The zero-order chi connectivity index (χ0) is 43.0. The first kappa shape index (κ1) is 56.4. The lowest BCUT2D eigenvalue weighted by molar-refractivity contribution is -0.167. The predicted molar refractivity (Wildman–Crippen MR) is 252 cm³/mol. The van der Waals surface area contributed by atoms with Crippen LogP contribution >= 0.6 is 0 Å². The van der Waals surface area contributed by atoms with Crippen molar-refractivity contribution in [1.29, 1.82) is 0 Å². The van der Waals surface area contributed by atoms with Crippen molar-refractivity contribution < 1.29 is 28.6 Å². The minimum absolute atomic E-state index is 0.0833. The Labute approximate surface area is 365 Å². The maximum Gasteiger partial charge on any atom is 0.306 e. The third kappa shape index (κ3) is 46.3. The molecule has 0 aromatic carbocycles. The van der Waals surface area contributed by atoms with E-state index in [0.29, 0.717) is 19.3 Å². The molecule has 342 valence electrons. The lowest BCUT2D eigenvalue weighted by atomic mass is 10.1. The van der Waals surface area contributed by atoms with Crippen LogP contribution in [0.25, 0.3) is 0 Å². The summed E-state index contributed by atoms with van der Waals surface area (Å²) < 4.78 is 16.7. The summed E-state index contributed by atoms with van der Waals surface area (Å²) in [4.78, 5) is 37.9. The van der Waals surface area contributed by atoms with Crippen LogP contribution in [0.2, 0.25) is 0 Å². The molecule has 0 aromatic rings. The number of ether oxygens (including phenoxy) is 3. The number of esters is 3. The lowest BCUT2D eigenvalue weighted by Gasteiger charge is -2.18. The van der Waals surface area contributed by atoms with Gasteiger partial charge in [0.25, 0.3) is 0 Å². The Morgan fingerprint density at radius 3 is 0.966 bits per heavy atom. The van der Waals surface area contributed by atoms with Crippen LogP contribution in [0.1, 0.15) is 252 Å². The molecule has 0 aliphatic heterocycles. The quantitative estimate of drug-likeness (QED) is 0.0263. The van der Waals surface area contributed by atoms with E-state index >= 15 is 0 Å². The van der Waals surface area contributed by atoms with E-state index in [4.69, 9.17) is 14.2 Å². The topological polar surface area (TPSA) is 78.9 Å². The molecule has 0 saturated heterocycles. The van der Waals surface area contributed by atoms with Crippen LogP contribution in [0, 0.1) is 0 Å². The molecule has 0 fully saturated rings. The Kier molecular flexibility index (Phi) is 45.9. The Morgan fingerprint density at radius 1 is 0.339 bits per heavy atom. The van der Waals surface area contributed by atoms with E-state index < -0.39 is 6.10 Å². The van der Waals surface area contributed by atoms with E-state index in [1.807, 2.05) is 0 Å². The van der Waals surface area contributed by atoms with E-state index in [1.54, 1.807) is 0 Å². The smallest absolute Gasteiger partial charge is 0.306 e. The monoisotopic (exact) mass is 827 g/mol. The highest BCUT2D eigenvalue weighted by Crippen LogP contribution is 2.14. The van der Waals surface area contributed by atoms with E-state index in [1.165, 1.54) is 116 Å². The van der Waals surface area contributed by atoms with Crippen molar-refractivity contribution in [2.75, 3.05) is 13.2 Å². The average Bonchev–Trinajstić information content (AvgIpc) is 3.23. The van der Waals surface area contributed by atoms with Crippen molar-refractivity contribution in [3.63, 3.8) is 0 Å². The fraction of sp³-hybridized carbons (Fsp3) is 0.792. The van der Waals surface area contributed by atoms with Gasteiger partial charge in [0.1, 0.15) is 13.2 Å². The summed E-state index contributed by atoms with van der Waals surface area (Å²) in [7, 11) is 0. The second kappa shape index (κ2) is 48.0. The molecular weight excluding hydrogens is 733 g/mol. The van der Waals surface area contributed by atoms with Crippen LogP contribution in [0.4, 0.5) is 0 Å². The van der Waals surface area contributed by atoms with Crippen molar-refractivity contribution >= 4 is 17.9 Å². The van der Waals surface area contributed by atoms with E-state index in [0.717, 1.165) is 96.3 Å². The molecule has 0 unspecified atom stereocenters. The first-order chi connectivity index (χ1) is 29.0. The normalized spacial score (nSPS) is 12.4. The number of allylic oxidation sites excluding steroid dienone is 8. The molecule has 59 heavy (non-hydrogen) atoms. The molecule has 6 nitrogen and oxygen atoms in total. The zero-order valence-electron chi connectivity index (χ0n) is 39.0. The molecule has 0 radical (unpaired) electrons. The van der Waals surface area contributed by atoms with Gasteiger partial charge in [0, 0.05) is 19.3 Å². The van der Waals surface area contributed by atoms with Crippen molar-refractivity contribution in [2.45, 2.75) is 258 Å². The van der Waals surface area contributed by atoms with Crippen molar-refractivity contribution in [3.05, 3.63) is 48.6 Å². The molecule has 6 heteroatoms. The van der Waals surface area contributed by atoms with Gasteiger partial charge in [0.15, 0.2) is 6.10 Å². The fourth-order valence-corrected chi connectivity index (χ4v) is 6.97. The predicted octanol–water partition coefficient (Wildman–Crippen LogP) is 16.3. The number of rotatable bonds is 45. The van der Waals surface area contributed by atoms with Crippen molar-refractivity contribution in [1.82, 2.24) is 0 Å². The summed E-state index contributed by atoms with van der Waals surface area (Å²) >= 11 is 0. The Bertz CT molecular complexity index is 981. The highest BCUT2D eigenvalue weighted by molar-refractivity contribution is 5.71. The molecular formula is C53H94O6. The van der Waals surface area contributed by atoms with E-state index in [9.17, 15) is 14.4 Å². The van der Waals surface area contributed by atoms with Gasteiger partial charge in [0.05, 0.1) is 0 Å². The molecule has 0 heterocycles. The third-order valence-corrected chi connectivity index (χ3v) is 10.8. The largest absolute Gasteiger partial charge is 0.462 e. The first-order valence-corrected chi connectivity index (χ1v) is 25.1. The van der Waals surface area contributed by atoms with Crippen LogP contribution in [-0.2, 0) is 28.6 Å². The van der Waals surface area contributed by atoms with Crippen LogP contribution in [0.15, 0.2) is 48.6 Å². The van der Waals surface area contributed by atoms with Crippen molar-refractivity contribution in [2.24, 2.45) is 0 Å². The molecule has 0 spiro atoms. The van der Waals surface area contributed by atoms with Crippen molar-refractivity contribution in [3.8, 4) is 0 Å². The first-order valence-electron chi connectivity index (χ1n) is 25.1. The van der Waals surface area contributed by atoms with Gasteiger partial charge in [-0.25, -0.2) is 0 Å². The van der Waals surface area contributed by atoms with Gasteiger partial charge < -0.3 is 14.2 Å². The molecule has 0 atom stereocenters. The molecule has 0 bridgehead atoms. The van der Waals surface area contributed by atoms with E-state index in [2.05, 4.69) is 69.4 Å². The summed E-state index contributed by atoms with van der Waals surface area (Å²) in [5.41, 5.74) is 0. The molecule has 0 aliphatic carbocycles. The maximum atomic E-state index is 12.7. The average molecular weight is 827 g/mol. The summed E-state index contributed by atoms with van der Waals surface area (Å²) in [5, 5.41) is 0. The van der Waals surface area contributed by atoms with Gasteiger partial charge >= 0.3 is 17.9 Å². The maximum absolute atomic E-state index is 12.7. The summed E-state index contributed by atoms with van der Waals surface area (Å²) in [6.45, 7) is 6.56. The molecule has 0 aromatic heterocycles. The minimum Gasteiger partial charge on any atom is -0.462 e. The third-order valence-electron chi connectivity index (χ3n) is 10.8. The molecule has 0 rings (SSSR count). The Balaban J connectivity index is 4.39. The Hall–Kier alpha value is -2.63. The summed E-state index contributed by atoms with van der Waals surface area (Å²) in [6.07, 6.45) is 56.6. The standard InChI is InChI=1S/C53H94O6/c1-4-7-10-13-16-19-22-24-26-28-31-33-36-39-42-45-51(54)57-48-50(59-53(56)47-44-41-38-35-30-21-18-15-12-9-6-3)49-58-52(55)46-43-40-37-34-32-29-27-25-23-20-17-14-11-8-5-2/h16-17,19-20,24-27,50H,4-15,18,21-23,28-49H2,1-3H3. The number of carbonyl (C=O) groups is 3. The SMILES string of the molecule is CCCCCC=CCC=CCCCCCCCC(=O)OCC(COC(=O)CCCCCCCC=CCC=CCCCCC)OC(=O)CCCCCCCCCCCCC.